The predicted molar refractivity (Wildman–Crippen MR) is 92.4 cm³/mol. The van der Waals surface area contributed by atoms with Gasteiger partial charge in [-0.15, -0.1) is 0 Å². The first-order valence-corrected chi connectivity index (χ1v) is 10.0. The predicted octanol–water partition coefficient (Wildman–Crippen LogP) is 3.91. The zero-order valence-corrected chi connectivity index (χ0v) is 15.6. The number of thioether (sulfide) groups is 1. The highest BCUT2D eigenvalue weighted by molar-refractivity contribution is 8.37. The van der Waals surface area contributed by atoms with E-state index in [2.05, 4.69) is 0 Å². The van der Waals surface area contributed by atoms with Gasteiger partial charge in [-0.05, 0) is 46.0 Å². The second-order valence-electron chi connectivity index (χ2n) is 5.80. The van der Waals surface area contributed by atoms with Crippen molar-refractivity contribution in [2.45, 2.75) is 51.4 Å². The summed E-state index contributed by atoms with van der Waals surface area (Å²) in [6.07, 6.45) is 2.66. The van der Waals surface area contributed by atoms with E-state index in [1.54, 1.807) is 0 Å². The van der Waals surface area contributed by atoms with Crippen LogP contribution in [0.5, 0.6) is 0 Å². The number of fused-ring (bicyclic) bond motifs is 1. The number of hydrogen-bond acceptors (Lipinski definition) is 7. The highest BCUT2D eigenvalue weighted by atomic mass is 32.2. The number of ether oxygens (including phenoxy) is 2. The first kappa shape index (κ1) is 19.1. The molecule has 2 aliphatic carbocycles. The molecule has 0 aromatic heterocycles. The van der Waals surface area contributed by atoms with Gasteiger partial charge in [-0.1, -0.05) is 11.8 Å². The number of carbonyl (C=O) groups excluding carboxylic acids is 2. The van der Waals surface area contributed by atoms with Crippen LogP contribution in [0, 0.1) is 17.8 Å². The summed E-state index contributed by atoms with van der Waals surface area (Å²) in [4.78, 5) is 24.2. The molecule has 2 saturated carbocycles. The third-order valence-electron chi connectivity index (χ3n) is 4.60. The highest BCUT2D eigenvalue weighted by Crippen LogP contribution is 2.53. The van der Waals surface area contributed by atoms with Crippen LogP contribution in [0.1, 0.15) is 40.0 Å². The SMILES string of the molecule is CCOSC(=O)SC1CCC2C(C(=O)OCC)CC(OCC)C12. The summed E-state index contributed by atoms with van der Waals surface area (Å²) in [6.45, 7) is 7.22. The third-order valence-corrected chi connectivity index (χ3v) is 6.63. The van der Waals surface area contributed by atoms with Crippen molar-refractivity contribution in [2.75, 3.05) is 19.8 Å². The summed E-state index contributed by atoms with van der Waals surface area (Å²) in [5.74, 6) is 0.329. The summed E-state index contributed by atoms with van der Waals surface area (Å²) >= 11 is 2.27. The number of rotatable bonds is 7. The van der Waals surface area contributed by atoms with Gasteiger partial charge in [-0.25, -0.2) is 0 Å². The van der Waals surface area contributed by atoms with Gasteiger partial charge >= 0.3 is 5.97 Å². The van der Waals surface area contributed by atoms with Crippen LogP contribution in [0.25, 0.3) is 0 Å². The molecular weight excluding hydrogens is 336 g/mol. The van der Waals surface area contributed by atoms with Crippen LogP contribution in [0.4, 0.5) is 4.79 Å². The molecule has 0 aromatic carbocycles. The van der Waals surface area contributed by atoms with Crippen molar-refractivity contribution in [3.63, 3.8) is 0 Å². The van der Waals surface area contributed by atoms with Gasteiger partial charge in [0.25, 0.3) is 4.45 Å². The Hall–Kier alpha value is -0.240. The highest BCUT2D eigenvalue weighted by Gasteiger charge is 2.54. The molecule has 5 nitrogen and oxygen atoms in total. The monoisotopic (exact) mass is 362 g/mol. The number of esters is 1. The first-order chi connectivity index (χ1) is 11.1. The zero-order chi connectivity index (χ0) is 16.8. The maximum absolute atomic E-state index is 12.2. The molecule has 0 heterocycles. The molecule has 0 N–H and O–H groups in total. The fourth-order valence-corrected chi connectivity index (χ4v) is 5.81. The minimum Gasteiger partial charge on any atom is -0.466 e. The van der Waals surface area contributed by atoms with Crippen LogP contribution >= 0.6 is 23.8 Å². The minimum absolute atomic E-state index is 0.00710. The van der Waals surface area contributed by atoms with Crippen LogP contribution in [0.3, 0.4) is 0 Å². The van der Waals surface area contributed by atoms with Crippen molar-refractivity contribution in [1.29, 1.82) is 0 Å². The van der Waals surface area contributed by atoms with Gasteiger partial charge in [0.15, 0.2) is 0 Å². The average molecular weight is 363 g/mol. The van der Waals surface area contributed by atoms with E-state index in [9.17, 15) is 9.59 Å². The molecule has 0 amide bonds. The Morgan fingerprint density at radius 3 is 2.52 bits per heavy atom. The van der Waals surface area contributed by atoms with E-state index in [4.69, 9.17) is 13.7 Å². The molecule has 5 atom stereocenters. The fraction of sp³-hybridized carbons (Fsp3) is 0.875. The Labute approximate surface area is 146 Å². The standard InChI is InChI=1S/C16H26O5S2/c1-4-19-12-9-11(15(17)20-5-2)10-7-8-13(14(10)12)22-16(18)23-21-6-3/h10-14H,4-9H2,1-3H3. The van der Waals surface area contributed by atoms with Gasteiger partial charge in [0.05, 0.1) is 37.3 Å². The Balaban J connectivity index is 2.02. The van der Waals surface area contributed by atoms with E-state index in [0.717, 1.165) is 24.9 Å². The molecule has 0 aromatic rings. The molecule has 2 rings (SSSR count). The van der Waals surface area contributed by atoms with Crippen LogP contribution in [0.15, 0.2) is 0 Å². The Kier molecular flexibility index (Phi) is 7.72. The van der Waals surface area contributed by atoms with Crippen molar-refractivity contribution in [1.82, 2.24) is 0 Å². The summed E-state index contributed by atoms with van der Waals surface area (Å²) in [5, 5.41) is 0.205. The normalized spacial score (nSPS) is 32.7. The summed E-state index contributed by atoms with van der Waals surface area (Å²) < 4.78 is 16.3. The number of carbonyl (C=O) groups is 2. The summed E-state index contributed by atoms with van der Waals surface area (Å²) in [6, 6.07) is 0. The third kappa shape index (κ3) is 4.65. The van der Waals surface area contributed by atoms with Crippen LogP contribution in [-0.2, 0) is 18.5 Å². The van der Waals surface area contributed by atoms with E-state index >= 15 is 0 Å². The van der Waals surface area contributed by atoms with Crippen LogP contribution in [-0.4, -0.2) is 41.6 Å². The van der Waals surface area contributed by atoms with Gasteiger partial charge in [-0.3, -0.25) is 9.59 Å². The Bertz CT molecular complexity index is 417. The van der Waals surface area contributed by atoms with E-state index < -0.39 is 0 Å². The second kappa shape index (κ2) is 9.30. The lowest BCUT2D eigenvalue weighted by atomic mass is 9.92. The fourth-order valence-electron chi connectivity index (χ4n) is 3.89. The molecule has 0 aliphatic heterocycles. The number of hydrogen-bond donors (Lipinski definition) is 0. The van der Waals surface area contributed by atoms with E-state index in [-0.39, 0.29) is 39.5 Å². The van der Waals surface area contributed by atoms with Crippen LogP contribution in [0.2, 0.25) is 0 Å². The lowest BCUT2D eigenvalue weighted by Gasteiger charge is -2.24. The van der Waals surface area contributed by atoms with Crippen molar-refractivity contribution < 1.29 is 23.2 Å². The van der Waals surface area contributed by atoms with Crippen molar-refractivity contribution in [3.8, 4) is 0 Å². The van der Waals surface area contributed by atoms with Gasteiger partial charge in [-0.2, -0.15) is 0 Å². The average Bonchev–Trinajstić information content (AvgIpc) is 3.08. The summed E-state index contributed by atoms with van der Waals surface area (Å²) in [5.41, 5.74) is 0. The van der Waals surface area contributed by atoms with Gasteiger partial charge in [0, 0.05) is 17.8 Å². The topological polar surface area (TPSA) is 61.8 Å². The summed E-state index contributed by atoms with van der Waals surface area (Å²) in [7, 11) is 0. The molecule has 0 radical (unpaired) electrons. The lowest BCUT2D eigenvalue weighted by molar-refractivity contribution is -0.149. The second-order valence-corrected chi connectivity index (χ2v) is 8.05. The quantitative estimate of drug-likeness (QED) is 0.502. The van der Waals surface area contributed by atoms with E-state index in [1.165, 1.54) is 11.8 Å². The molecule has 2 fully saturated rings. The van der Waals surface area contributed by atoms with Crippen LogP contribution < -0.4 is 0 Å². The smallest absolute Gasteiger partial charge is 0.309 e. The Morgan fingerprint density at radius 2 is 1.87 bits per heavy atom. The molecule has 23 heavy (non-hydrogen) atoms. The molecule has 132 valence electrons. The maximum atomic E-state index is 12.2. The van der Waals surface area contributed by atoms with Gasteiger partial charge in [0.2, 0.25) is 0 Å². The van der Waals surface area contributed by atoms with Gasteiger partial charge < -0.3 is 13.7 Å². The van der Waals surface area contributed by atoms with E-state index in [1.807, 2.05) is 20.8 Å². The van der Waals surface area contributed by atoms with Crippen molar-refractivity contribution in [3.05, 3.63) is 0 Å². The van der Waals surface area contributed by atoms with Crippen molar-refractivity contribution >= 4 is 34.2 Å². The zero-order valence-electron chi connectivity index (χ0n) is 14.0. The first-order valence-electron chi connectivity index (χ1n) is 8.40. The minimum atomic E-state index is -0.106. The maximum Gasteiger partial charge on any atom is 0.309 e. The molecule has 5 unspecified atom stereocenters. The largest absolute Gasteiger partial charge is 0.466 e. The molecule has 0 spiro atoms. The van der Waals surface area contributed by atoms with E-state index in [0.29, 0.717) is 26.2 Å². The Morgan fingerprint density at radius 1 is 1.09 bits per heavy atom. The molecular formula is C16H26O5S2. The van der Waals surface area contributed by atoms with Crippen molar-refractivity contribution in [2.24, 2.45) is 17.8 Å². The lowest BCUT2D eigenvalue weighted by Crippen LogP contribution is -2.27. The molecule has 0 saturated heterocycles. The molecule has 7 heteroatoms. The molecule has 0 bridgehead atoms. The molecule has 2 aliphatic rings. The van der Waals surface area contributed by atoms with Gasteiger partial charge in [0.1, 0.15) is 0 Å².